The normalized spacial score (nSPS) is 11.9. The summed E-state index contributed by atoms with van der Waals surface area (Å²) in [5, 5.41) is -0.507. The van der Waals surface area contributed by atoms with Gasteiger partial charge < -0.3 is 0 Å². The Hall–Kier alpha value is 0.490. The fourth-order valence-electron chi connectivity index (χ4n) is 0.0475. The first-order valence-electron chi connectivity index (χ1n) is 1.44. The van der Waals surface area contributed by atoms with Crippen molar-refractivity contribution in [2.75, 3.05) is 5.07 Å². The zero-order valence-electron chi connectivity index (χ0n) is 3.51. The average molecular weight is 211 g/mol. The van der Waals surface area contributed by atoms with E-state index in [1.54, 1.807) is 0 Å². The highest BCUT2D eigenvalue weighted by molar-refractivity contribution is 9.10. The van der Waals surface area contributed by atoms with Crippen LogP contribution in [0.25, 0.3) is 0 Å². The molecule has 0 bridgehead atoms. The number of rotatable bonds is 3. The summed E-state index contributed by atoms with van der Waals surface area (Å²) in [6.07, 6.45) is 0. The Bertz CT molecular complexity index is 88.4. The van der Waals surface area contributed by atoms with Crippen LogP contribution in [0.3, 0.4) is 0 Å². The maximum absolute atomic E-state index is 10.9. The maximum Gasteiger partial charge on any atom is 0.404 e. The molecule has 3 nitrogen and oxygen atoms in total. The van der Waals surface area contributed by atoms with Crippen molar-refractivity contribution in [3.05, 3.63) is 0 Å². The number of halogens is 3. The quantitative estimate of drug-likeness (QED) is 0.530. The second-order valence-electron chi connectivity index (χ2n) is 0.868. The first kappa shape index (κ1) is 8.49. The second-order valence-corrected chi connectivity index (χ2v) is 4.11. The van der Waals surface area contributed by atoms with Crippen LogP contribution in [0.1, 0.15) is 0 Å². The smallest absolute Gasteiger partial charge is 0.254 e. The first-order valence-corrected chi connectivity index (χ1v) is 4.29. The van der Waals surface area contributed by atoms with Gasteiger partial charge in [-0.25, -0.2) is 0 Å². The largest absolute Gasteiger partial charge is 0.404 e. The molecule has 0 aromatic carbocycles. The topological polar surface area (TPSA) is 35.5 Å². The SMILES string of the molecule is O=P(CBr)(OF)OF. The van der Waals surface area contributed by atoms with Crippen LogP contribution in [0, 0.1) is 0 Å². The van der Waals surface area contributed by atoms with Gasteiger partial charge in [0.2, 0.25) is 0 Å². The lowest BCUT2D eigenvalue weighted by Crippen LogP contribution is -1.80. The van der Waals surface area contributed by atoms with Gasteiger partial charge in [0.1, 0.15) is 5.07 Å². The summed E-state index contributed by atoms with van der Waals surface area (Å²) in [5.41, 5.74) is 0. The van der Waals surface area contributed by atoms with Crippen LogP contribution in [-0.2, 0) is 14.0 Å². The fraction of sp³-hybridized carbons (Fsp3) is 1.00. The van der Waals surface area contributed by atoms with Gasteiger partial charge in [-0.3, -0.25) is 4.57 Å². The highest BCUT2D eigenvalue weighted by Crippen LogP contribution is 2.50. The molecule has 50 valence electrons. The van der Waals surface area contributed by atoms with E-state index in [1.165, 1.54) is 0 Å². The van der Waals surface area contributed by atoms with Crippen molar-refractivity contribution >= 4 is 23.5 Å². The van der Waals surface area contributed by atoms with E-state index in [4.69, 9.17) is 0 Å². The van der Waals surface area contributed by atoms with E-state index >= 15 is 0 Å². The van der Waals surface area contributed by atoms with E-state index in [2.05, 4.69) is 25.4 Å². The third kappa shape index (κ3) is 2.17. The molecule has 0 amide bonds. The highest BCUT2D eigenvalue weighted by Gasteiger charge is 2.24. The van der Waals surface area contributed by atoms with Crippen LogP contribution in [0.2, 0.25) is 0 Å². The monoisotopic (exact) mass is 210 g/mol. The molecule has 0 rings (SSSR count). The van der Waals surface area contributed by atoms with Crippen molar-refractivity contribution in [2.24, 2.45) is 0 Å². The summed E-state index contributed by atoms with van der Waals surface area (Å²) in [7, 11) is -4.08. The average Bonchev–Trinajstić information content (AvgIpc) is 1.87. The Kier molecular flexibility index (Phi) is 3.72. The molecule has 0 saturated heterocycles. The van der Waals surface area contributed by atoms with Gasteiger partial charge in [0, 0.05) is 0 Å². The standard InChI is InChI=1S/CH2BrF2O3P/c2-1-8(5,6-3)7-4/h1H2. The lowest BCUT2D eigenvalue weighted by atomic mass is 11.9. The van der Waals surface area contributed by atoms with Gasteiger partial charge in [0.25, 0.3) is 0 Å². The number of hydrogen-bond acceptors (Lipinski definition) is 3. The van der Waals surface area contributed by atoms with Crippen molar-refractivity contribution < 1.29 is 23.1 Å². The zero-order valence-corrected chi connectivity index (χ0v) is 5.99. The molecule has 8 heavy (non-hydrogen) atoms. The third-order valence-electron chi connectivity index (χ3n) is 0.357. The molecule has 0 saturated carbocycles. The van der Waals surface area contributed by atoms with Crippen LogP contribution in [0.15, 0.2) is 0 Å². The van der Waals surface area contributed by atoms with Gasteiger partial charge in [-0.15, -0.1) is 9.46 Å². The minimum atomic E-state index is -4.08. The Labute approximate surface area is 52.4 Å². The van der Waals surface area contributed by atoms with Gasteiger partial charge in [-0.1, -0.05) is 15.9 Å². The van der Waals surface area contributed by atoms with Crippen molar-refractivity contribution in [1.82, 2.24) is 0 Å². The molecule has 0 atom stereocenters. The molecular weight excluding hydrogens is 209 g/mol. The van der Waals surface area contributed by atoms with E-state index < -0.39 is 12.7 Å². The molecule has 0 spiro atoms. The van der Waals surface area contributed by atoms with Crippen molar-refractivity contribution in [1.29, 1.82) is 0 Å². The molecule has 0 aromatic heterocycles. The Morgan fingerprint density at radius 2 is 1.88 bits per heavy atom. The van der Waals surface area contributed by atoms with Gasteiger partial charge >= 0.3 is 7.60 Å². The summed E-state index contributed by atoms with van der Waals surface area (Å²) in [5.74, 6) is 0. The molecule has 0 aliphatic carbocycles. The van der Waals surface area contributed by atoms with Crippen LogP contribution in [0.5, 0.6) is 0 Å². The van der Waals surface area contributed by atoms with E-state index in [9.17, 15) is 13.6 Å². The molecule has 0 fully saturated rings. The maximum atomic E-state index is 10.9. The molecule has 0 aliphatic rings. The van der Waals surface area contributed by atoms with Crippen LogP contribution < -0.4 is 0 Å². The van der Waals surface area contributed by atoms with Crippen LogP contribution in [-0.4, -0.2) is 5.07 Å². The van der Waals surface area contributed by atoms with Crippen molar-refractivity contribution in [2.45, 2.75) is 0 Å². The predicted octanol–water partition coefficient (Wildman–Crippen LogP) is 2.33. The highest BCUT2D eigenvalue weighted by atomic mass is 79.9. The summed E-state index contributed by atoms with van der Waals surface area (Å²) in [6, 6.07) is 0. The molecule has 0 heterocycles. The number of hydrogen-bond donors (Lipinski definition) is 0. The predicted molar refractivity (Wildman–Crippen MR) is 25.8 cm³/mol. The second kappa shape index (κ2) is 3.50. The van der Waals surface area contributed by atoms with E-state index in [1.807, 2.05) is 0 Å². The van der Waals surface area contributed by atoms with Crippen LogP contribution in [0.4, 0.5) is 9.05 Å². The van der Waals surface area contributed by atoms with Crippen molar-refractivity contribution in [3.8, 4) is 0 Å². The molecule has 0 N–H and O–H groups in total. The minimum Gasteiger partial charge on any atom is -0.254 e. The molecule has 7 heteroatoms. The molecular formula is CH2BrF2O3P. The molecule has 0 radical (unpaired) electrons. The Morgan fingerprint density at radius 1 is 1.50 bits per heavy atom. The summed E-state index contributed by atoms with van der Waals surface area (Å²) in [4.78, 5) is 0. The number of alkyl halides is 1. The van der Waals surface area contributed by atoms with Gasteiger partial charge in [0.05, 0.1) is 0 Å². The van der Waals surface area contributed by atoms with Gasteiger partial charge in [0.15, 0.2) is 0 Å². The Balaban J connectivity index is 3.79. The lowest BCUT2D eigenvalue weighted by molar-refractivity contribution is -0.0857. The van der Waals surface area contributed by atoms with E-state index in [0.717, 1.165) is 0 Å². The Morgan fingerprint density at radius 3 is 1.88 bits per heavy atom. The molecule has 0 aliphatic heterocycles. The van der Waals surface area contributed by atoms with Gasteiger partial charge in [-0.2, -0.15) is 0 Å². The molecule has 0 unspecified atom stereocenters. The summed E-state index contributed by atoms with van der Waals surface area (Å²) in [6.45, 7) is 0. The van der Waals surface area contributed by atoms with Crippen molar-refractivity contribution in [3.63, 3.8) is 0 Å². The lowest BCUT2D eigenvalue weighted by Gasteiger charge is -1.98. The summed E-state index contributed by atoms with van der Waals surface area (Å²) >= 11 is 2.50. The van der Waals surface area contributed by atoms with Gasteiger partial charge in [-0.05, 0) is 9.05 Å². The fourth-order valence-corrected chi connectivity index (χ4v) is 0.607. The molecule has 0 aromatic rings. The first-order chi connectivity index (χ1) is 3.68. The third-order valence-corrected chi connectivity index (χ3v) is 2.91. The minimum absolute atomic E-state index is 0.507. The zero-order chi connectivity index (χ0) is 6.62. The van der Waals surface area contributed by atoms with E-state index in [0.29, 0.717) is 0 Å². The summed E-state index contributed by atoms with van der Waals surface area (Å²) < 4.78 is 37.1. The van der Waals surface area contributed by atoms with E-state index in [-0.39, 0.29) is 0 Å². The van der Waals surface area contributed by atoms with Crippen LogP contribution >= 0.6 is 23.5 Å².